The van der Waals surface area contributed by atoms with Crippen molar-refractivity contribution < 1.29 is 14.3 Å². The molecule has 1 spiro atoms. The predicted octanol–water partition coefficient (Wildman–Crippen LogP) is 3.69. The monoisotopic (exact) mass is 441 g/mol. The van der Waals surface area contributed by atoms with Gasteiger partial charge in [0.05, 0.1) is 18.8 Å². The molecule has 32 heavy (non-hydrogen) atoms. The molecule has 1 amide bonds. The molecule has 0 aromatic heterocycles. The van der Waals surface area contributed by atoms with Gasteiger partial charge in [0.25, 0.3) is 0 Å². The molecule has 0 radical (unpaired) electrons. The number of piperidine rings is 1. The van der Waals surface area contributed by atoms with Crippen LogP contribution in [0.3, 0.4) is 0 Å². The number of amides is 1. The Hall–Kier alpha value is -1.79. The van der Waals surface area contributed by atoms with Crippen LogP contribution in [-0.2, 0) is 9.53 Å². The van der Waals surface area contributed by atoms with E-state index < -0.39 is 0 Å². The lowest BCUT2D eigenvalue weighted by atomic mass is 9.85. The van der Waals surface area contributed by atoms with Gasteiger partial charge in [-0.15, -0.1) is 0 Å². The van der Waals surface area contributed by atoms with E-state index in [0.717, 1.165) is 63.8 Å². The number of hydrogen-bond acceptors (Lipinski definition) is 5. The van der Waals surface area contributed by atoms with Crippen LogP contribution in [0.5, 0.6) is 5.75 Å². The van der Waals surface area contributed by atoms with E-state index in [2.05, 4.69) is 45.9 Å². The van der Waals surface area contributed by atoms with E-state index in [1.807, 2.05) is 0 Å². The third kappa shape index (κ3) is 4.76. The summed E-state index contributed by atoms with van der Waals surface area (Å²) in [6.07, 6.45) is 9.31. The molecule has 0 N–H and O–H groups in total. The Bertz CT molecular complexity index is 771. The molecule has 1 aromatic rings. The molecule has 4 aliphatic rings. The minimum absolute atomic E-state index is 0.143. The van der Waals surface area contributed by atoms with E-state index in [0.29, 0.717) is 6.04 Å². The van der Waals surface area contributed by atoms with Gasteiger partial charge < -0.3 is 24.2 Å². The van der Waals surface area contributed by atoms with Gasteiger partial charge in [0, 0.05) is 37.4 Å². The molecule has 5 rings (SSSR count). The largest absolute Gasteiger partial charge is 0.494 e. The van der Waals surface area contributed by atoms with Crippen molar-refractivity contribution in [3.63, 3.8) is 0 Å². The van der Waals surface area contributed by atoms with Crippen molar-refractivity contribution in [3.8, 4) is 5.75 Å². The number of nitrogens with zero attached hydrogens (tertiary/aromatic N) is 3. The lowest BCUT2D eigenvalue weighted by Crippen LogP contribution is -2.61. The first-order valence-electron chi connectivity index (χ1n) is 12.8. The minimum Gasteiger partial charge on any atom is -0.494 e. The van der Waals surface area contributed by atoms with Crippen molar-refractivity contribution in [1.82, 2.24) is 9.80 Å². The van der Waals surface area contributed by atoms with Crippen LogP contribution in [0, 0.1) is 0 Å². The van der Waals surface area contributed by atoms with Crippen LogP contribution in [0.2, 0.25) is 0 Å². The molecule has 6 heteroatoms. The third-order valence-corrected chi connectivity index (χ3v) is 8.22. The Morgan fingerprint density at radius 1 is 1.06 bits per heavy atom. The van der Waals surface area contributed by atoms with Crippen LogP contribution in [-0.4, -0.2) is 79.3 Å². The third-order valence-electron chi connectivity index (χ3n) is 8.22. The maximum atomic E-state index is 12.3. The summed E-state index contributed by atoms with van der Waals surface area (Å²) in [4.78, 5) is 19.5. The summed E-state index contributed by atoms with van der Waals surface area (Å²) in [6, 6.07) is 9.77. The van der Waals surface area contributed by atoms with Gasteiger partial charge >= 0.3 is 0 Å². The minimum atomic E-state index is -0.143. The van der Waals surface area contributed by atoms with Crippen LogP contribution < -0.4 is 9.64 Å². The highest BCUT2D eigenvalue weighted by Gasteiger charge is 2.45. The van der Waals surface area contributed by atoms with E-state index in [1.165, 1.54) is 44.3 Å². The van der Waals surface area contributed by atoms with E-state index in [4.69, 9.17) is 9.47 Å². The fourth-order valence-corrected chi connectivity index (χ4v) is 5.78. The van der Waals surface area contributed by atoms with Gasteiger partial charge in [0.15, 0.2) is 0 Å². The molecule has 3 aliphatic heterocycles. The Labute approximate surface area is 192 Å². The second-order valence-electron chi connectivity index (χ2n) is 10.3. The number of morpholine rings is 1. The number of carbonyl (C=O) groups excluding carboxylic acids is 1. The molecule has 1 aliphatic carbocycles. The van der Waals surface area contributed by atoms with Crippen LogP contribution in [0.1, 0.15) is 58.3 Å². The van der Waals surface area contributed by atoms with Crippen LogP contribution in [0.4, 0.5) is 5.69 Å². The van der Waals surface area contributed by atoms with Crippen molar-refractivity contribution in [2.24, 2.45) is 0 Å². The summed E-state index contributed by atoms with van der Waals surface area (Å²) in [7, 11) is 0. The van der Waals surface area contributed by atoms with Gasteiger partial charge in [-0.25, -0.2) is 0 Å². The van der Waals surface area contributed by atoms with Crippen molar-refractivity contribution in [2.45, 2.75) is 76.0 Å². The number of benzene rings is 1. The van der Waals surface area contributed by atoms with Crippen molar-refractivity contribution in [2.75, 3.05) is 50.8 Å². The van der Waals surface area contributed by atoms with Crippen molar-refractivity contribution >= 4 is 11.6 Å². The predicted molar refractivity (Wildman–Crippen MR) is 126 cm³/mol. The molecule has 1 saturated carbocycles. The summed E-state index contributed by atoms with van der Waals surface area (Å²) in [5.74, 6) is 1.15. The Morgan fingerprint density at radius 2 is 1.84 bits per heavy atom. The topological polar surface area (TPSA) is 45.2 Å². The summed E-state index contributed by atoms with van der Waals surface area (Å²) in [5.41, 5.74) is 1.11. The molecule has 0 bridgehead atoms. The smallest absolute Gasteiger partial charge is 0.248 e. The first-order chi connectivity index (χ1) is 15.6. The Morgan fingerprint density at radius 3 is 2.50 bits per heavy atom. The molecular formula is C26H39N3O3. The highest BCUT2D eigenvalue weighted by molar-refractivity contribution is 5.78. The van der Waals surface area contributed by atoms with E-state index in [-0.39, 0.29) is 18.1 Å². The van der Waals surface area contributed by atoms with Gasteiger partial charge in [-0.05, 0) is 89.1 Å². The Balaban J connectivity index is 1.07. The molecule has 6 nitrogen and oxygen atoms in total. The maximum absolute atomic E-state index is 12.3. The Kier molecular flexibility index (Phi) is 6.61. The van der Waals surface area contributed by atoms with Crippen LogP contribution in [0.25, 0.3) is 0 Å². The number of ether oxygens (including phenoxy) is 2. The molecule has 0 unspecified atom stereocenters. The van der Waals surface area contributed by atoms with Gasteiger partial charge in [-0.3, -0.25) is 4.79 Å². The lowest BCUT2D eigenvalue weighted by molar-refractivity contribution is -0.174. The SMILES string of the molecule is C[C@@H]1CCCN1CCCOc1ccc(N2CCC3(CC2)CN(C2CCC2)C(=O)CO3)cc1. The summed E-state index contributed by atoms with van der Waals surface area (Å²) in [6.45, 7) is 8.49. The lowest BCUT2D eigenvalue weighted by Gasteiger charge is -2.50. The molecule has 3 heterocycles. The first-order valence-corrected chi connectivity index (χ1v) is 12.8. The zero-order valence-corrected chi connectivity index (χ0v) is 19.6. The first kappa shape index (κ1) is 22.0. The van der Waals surface area contributed by atoms with Gasteiger partial charge in [0.1, 0.15) is 12.4 Å². The summed E-state index contributed by atoms with van der Waals surface area (Å²) in [5, 5.41) is 0. The van der Waals surface area contributed by atoms with Crippen LogP contribution in [0.15, 0.2) is 24.3 Å². The molecule has 4 fully saturated rings. The summed E-state index contributed by atoms with van der Waals surface area (Å²) >= 11 is 0. The van der Waals surface area contributed by atoms with Gasteiger partial charge in [0.2, 0.25) is 5.91 Å². The zero-order chi connectivity index (χ0) is 22.0. The van der Waals surface area contributed by atoms with Gasteiger partial charge in [-0.1, -0.05) is 0 Å². The van der Waals surface area contributed by atoms with Crippen LogP contribution >= 0.6 is 0 Å². The molecule has 1 atom stereocenters. The van der Waals surface area contributed by atoms with Crippen molar-refractivity contribution in [1.29, 1.82) is 0 Å². The van der Waals surface area contributed by atoms with E-state index >= 15 is 0 Å². The normalized spacial score (nSPS) is 26.5. The van der Waals surface area contributed by atoms with E-state index in [9.17, 15) is 4.79 Å². The molecular weight excluding hydrogens is 402 g/mol. The van der Waals surface area contributed by atoms with Gasteiger partial charge in [-0.2, -0.15) is 0 Å². The zero-order valence-electron chi connectivity index (χ0n) is 19.6. The number of hydrogen-bond donors (Lipinski definition) is 0. The van der Waals surface area contributed by atoms with Crippen molar-refractivity contribution in [3.05, 3.63) is 24.3 Å². The molecule has 1 aromatic carbocycles. The molecule has 3 saturated heterocycles. The highest BCUT2D eigenvalue weighted by atomic mass is 16.5. The standard InChI is InChI=1S/C26H39N3O3/c1-21-5-3-14-27(21)15-4-18-31-24-10-8-22(9-11-24)28-16-12-26(13-17-28)20-29(23-6-2-7-23)25(30)19-32-26/h8-11,21,23H,2-7,12-20H2,1H3/t21-/m1/s1. The molecule has 176 valence electrons. The second kappa shape index (κ2) is 9.60. The number of carbonyl (C=O) groups is 1. The highest BCUT2D eigenvalue weighted by Crippen LogP contribution is 2.36. The average Bonchev–Trinajstić information content (AvgIpc) is 3.19. The number of anilines is 1. The quantitative estimate of drug-likeness (QED) is 0.604. The fraction of sp³-hybridized carbons (Fsp3) is 0.731. The number of rotatable bonds is 7. The fourth-order valence-electron chi connectivity index (χ4n) is 5.78. The summed E-state index contributed by atoms with van der Waals surface area (Å²) < 4.78 is 12.1. The number of likely N-dealkylation sites (tertiary alicyclic amines) is 1. The second-order valence-corrected chi connectivity index (χ2v) is 10.3. The van der Waals surface area contributed by atoms with E-state index in [1.54, 1.807) is 0 Å². The average molecular weight is 442 g/mol. The maximum Gasteiger partial charge on any atom is 0.248 e.